The molecule has 0 saturated heterocycles. The third-order valence-corrected chi connectivity index (χ3v) is 2.00. The molecule has 0 spiro atoms. The molecule has 0 radical (unpaired) electrons. The zero-order valence-electron chi connectivity index (χ0n) is 13.8. The van der Waals surface area contributed by atoms with Crippen LogP contribution in [0.4, 0.5) is 4.79 Å². The molecule has 1 aromatic carbocycles. The topological polar surface area (TPSA) is 114 Å². The summed E-state index contributed by atoms with van der Waals surface area (Å²) in [5.41, 5.74) is 0. The van der Waals surface area contributed by atoms with Gasteiger partial charge in [-0.15, -0.1) is 0 Å². The summed E-state index contributed by atoms with van der Waals surface area (Å²) in [5.74, 6) is -1.35. The van der Waals surface area contributed by atoms with E-state index >= 15 is 0 Å². The van der Waals surface area contributed by atoms with E-state index in [0.717, 1.165) is 0 Å². The maximum atomic E-state index is 11.4. The predicted octanol–water partition coefficient (Wildman–Crippen LogP) is 1.30. The van der Waals surface area contributed by atoms with Gasteiger partial charge in [-0.1, -0.05) is 26.0 Å². The third kappa shape index (κ3) is 10.3. The molecule has 0 saturated carbocycles. The number of rotatable bonds is 6. The number of para-hydroxylation sites is 2. The fraction of sp³-hybridized carbons (Fsp3) is 0.286. The van der Waals surface area contributed by atoms with E-state index in [2.05, 4.69) is 22.2 Å². The molecule has 3 N–H and O–H groups in total. The standard InChI is InChI=1S/C12H13N2O6.C2H6.W/c1-13-10(16)6-11(17)19-7-14-12(18)20-9-5-3-2-4-8(9)15;1-2;/h2-5,15H,1,6-7H2,(H,13,16)(H,14,18);1-2H3;/q-1;;/i/hT. The molecule has 1 rings (SSSR count). The van der Waals surface area contributed by atoms with Crippen molar-refractivity contribution in [1.29, 1.82) is 1.43 Å². The van der Waals surface area contributed by atoms with Gasteiger partial charge in [0.1, 0.15) is 6.42 Å². The maximum absolute atomic E-state index is 11.4. The first kappa shape index (κ1) is 20.9. The van der Waals surface area contributed by atoms with Gasteiger partial charge in [0.2, 0.25) is 5.91 Å². The summed E-state index contributed by atoms with van der Waals surface area (Å²) in [6.07, 6.45) is -1.41. The molecule has 23 heavy (non-hydrogen) atoms. The number of phenols is 1. The normalized spacial score (nSPS) is 8.91. The number of carbonyl (C=O) groups excluding carboxylic acids is 3. The first-order chi connectivity index (χ1) is 11.1. The Balaban J connectivity index is 0. The van der Waals surface area contributed by atoms with Crippen molar-refractivity contribution in [2.75, 3.05) is 6.73 Å². The van der Waals surface area contributed by atoms with Gasteiger partial charge in [0, 0.05) is 21.1 Å². The third-order valence-electron chi connectivity index (χ3n) is 2.00. The Morgan fingerprint density at radius 2 is 1.96 bits per heavy atom. The van der Waals surface area contributed by atoms with Crippen molar-refractivity contribution >= 4 is 18.0 Å². The van der Waals surface area contributed by atoms with E-state index in [-0.39, 0.29) is 32.6 Å². The Morgan fingerprint density at radius 3 is 2.57 bits per heavy atom. The van der Waals surface area contributed by atoms with Crippen molar-refractivity contribution in [2.45, 2.75) is 20.3 Å². The van der Waals surface area contributed by atoms with Gasteiger partial charge in [0.15, 0.2) is 18.2 Å². The Morgan fingerprint density at radius 1 is 1.30 bits per heavy atom. The fourth-order valence-electron chi connectivity index (χ4n) is 1.09. The summed E-state index contributed by atoms with van der Waals surface area (Å²) >= 11 is 0. The molecule has 0 heterocycles. The Labute approximate surface area is 150 Å². The molecular weight excluding hydrogens is 476 g/mol. The predicted molar refractivity (Wildman–Crippen MR) is 77.7 cm³/mol. The van der Waals surface area contributed by atoms with Crippen LogP contribution in [0.5, 0.6) is 11.5 Å². The summed E-state index contributed by atoms with van der Waals surface area (Å²) in [7, 11) is 3.09. The molecule has 0 aliphatic rings. The minimum absolute atomic E-state index is 0. The number of amides is 2. The molecule has 2 amide bonds. The van der Waals surface area contributed by atoms with Crippen LogP contribution in [0.2, 0.25) is 0 Å². The number of hydrogen-bond acceptors (Lipinski definition) is 6. The molecule has 0 bridgehead atoms. The van der Waals surface area contributed by atoms with Crippen LogP contribution in [0.15, 0.2) is 24.3 Å². The smallest absolute Gasteiger partial charge is 0.415 e. The second kappa shape index (κ2) is 13.6. The minimum atomic E-state index is -0.908. The van der Waals surface area contributed by atoms with Crippen LogP contribution in [-0.2, 0) is 35.4 Å². The monoisotopic (exact) mass is 497 g/mol. The SMILES string of the molecule is CC.[3H]Oc1ccccc1OC(=O)NCOC(=O)CC(=O)N[CH2-].[W]. The zero-order chi connectivity index (χ0) is 17.7. The molecule has 0 unspecified atom stereocenters. The average molecular weight is 497 g/mol. The van der Waals surface area contributed by atoms with Crippen LogP contribution in [0.1, 0.15) is 20.3 Å². The number of aromatic hydroxyl groups is 1. The summed E-state index contributed by atoms with van der Waals surface area (Å²) in [4.78, 5) is 33.3. The van der Waals surface area contributed by atoms with E-state index < -0.39 is 31.1 Å². The van der Waals surface area contributed by atoms with E-state index in [0.29, 0.717) is 0 Å². The van der Waals surface area contributed by atoms with E-state index in [1.807, 2.05) is 19.2 Å². The van der Waals surface area contributed by atoms with E-state index in [9.17, 15) is 14.4 Å². The molecule has 8 nitrogen and oxygen atoms in total. The van der Waals surface area contributed by atoms with Crippen molar-refractivity contribution in [1.82, 2.24) is 10.6 Å². The average Bonchev–Trinajstić information content (AvgIpc) is 2.57. The second-order valence-electron chi connectivity index (χ2n) is 3.45. The van der Waals surface area contributed by atoms with Crippen molar-refractivity contribution in [3.63, 3.8) is 0 Å². The molecule has 0 aliphatic carbocycles. The van der Waals surface area contributed by atoms with Gasteiger partial charge < -0.3 is 19.9 Å². The van der Waals surface area contributed by atoms with Gasteiger partial charge in [-0.25, -0.2) is 4.79 Å². The van der Waals surface area contributed by atoms with E-state index in [1.165, 1.54) is 12.1 Å². The van der Waals surface area contributed by atoms with Crippen LogP contribution in [0, 0.1) is 7.05 Å². The van der Waals surface area contributed by atoms with Crippen LogP contribution in [0.25, 0.3) is 0 Å². The maximum Gasteiger partial charge on any atom is 0.415 e. The molecule has 0 aliphatic heterocycles. The summed E-state index contributed by atoms with van der Waals surface area (Å²) in [6.45, 7) is 3.53. The molecule has 0 aromatic heterocycles. The number of nitrogens with one attached hydrogen (secondary N) is 2. The van der Waals surface area contributed by atoms with Crippen LogP contribution >= 0.6 is 0 Å². The van der Waals surface area contributed by atoms with Gasteiger partial charge in [0.25, 0.3) is 1.43 Å². The number of benzene rings is 1. The number of carbonyl (C=O) groups is 3. The number of esters is 1. The molecule has 1 aromatic rings. The number of hydrogen-bond donors (Lipinski definition) is 3. The van der Waals surface area contributed by atoms with Crippen molar-refractivity contribution in [3.8, 4) is 11.5 Å². The van der Waals surface area contributed by atoms with Gasteiger partial charge in [-0.3, -0.25) is 22.0 Å². The first-order valence-electron chi connectivity index (χ1n) is 6.87. The number of ether oxygens (including phenoxy) is 2. The van der Waals surface area contributed by atoms with Crippen LogP contribution < -0.4 is 15.4 Å². The Kier molecular flexibility index (Phi) is 12.3. The fourth-order valence-corrected chi connectivity index (χ4v) is 1.09. The summed E-state index contributed by atoms with van der Waals surface area (Å²) < 4.78 is 16.2. The molecule has 0 atom stereocenters. The Bertz CT molecular complexity index is 530. The zero-order valence-corrected chi connectivity index (χ0v) is 15.7. The minimum Gasteiger partial charge on any atom is -0.508 e. The quantitative estimate of drug-likeness (QED) is 0.237. The van der Waals surface area contributed by atoms with Crippen molar-refractivity contribution < 1.29 is 50.0 Å². The van der Waals surface area contributed by atoms with Gasteiger partial charge in [0.05, 0.1) is 0 Å². The summed E-state index contributed by atoms with van der Waals surface area (Å²) in [6, 6.07) is 6.05. The molecule has 0 fully saturated rings. The van der Waals surface area contributed by atoms with Gasteiger partial charge in [-0.05, 0) is 12.1 Å². The molecule has 9 heteroatoms. The second-order valence-corrected chi connectivity index (χ2v) is 3.45. The van der Waals surface area contributed by atoms with Crippen LogP contribution in [-0.4, -0.2) is 31.2 Å². The largest absolute Gasteiger partial charge is 0.508 e. The summed E-state index contributed by atoms with van der Waals surface area (Å²) in [5, 5.41) is 8.40. The van der Waals surface area contributed by atoms with Crippen molar-refractivity contribution in [3.05, 3.63) is 31.3 Å². The van der Waals surface area contributed by atoms with Gasteiger partial charge >= 0.3 is 12.1 Å². The van der Waals surface area contributed by atoms with E-state index in [1.54, 1.807) is 12.1 Å². The van der Waals surface area contributed by atoms with E-state index in [4.69, 9.17) is 6.17 Å². The number of phenolic OH excluding ortho intramolecular Hbond substituents is 1. The Hall–Kier alpha value is -2.08. The van der Waals surface area contributed by atoms with Crippen LogP contribution in [0.3, 0.4) is 0 Å². The molecular formula is C14H19N2O6W-. The van der Waals surface area contributed by atoms with Gasteiger partial charge in [-0.2, -0.15) is 0 Å². The first-order valence-corrected chi connectivity index (χ1v) is 6.46. The van der Waals surface area contributed by atoms with Crippen molar-refractivity contribution in [2.24, 2.45) is 0 Å². The molecule has 128 valence electrons.